The van der Waals surface area contributed by atoms with E-state index in [1.807, 2.05) is 0 Å². The van der Waals surface area contributed by atoms with E-state index in [1.54, 1.807) is 5.57 Å². The highest BCUT2D eigenvalue weighted by Gasteiger charge is 2.09. The van der Waals surface area contributed by atoms with Crippen molar-refractivity contribution in [3.05, 3.63) is 28.7 Å². The number of allylic oxidation sites excluding steroid dienone is 1. The molecule has 1 aliphatic carbocycles. The molecule has 1 saturated carbocycles. The van der Waals surface area contributed by atoms with Crippen molar-refractivity contribution < 1.29 is 4.42 Å². The van der Waals surface area contributed by atoms with Crippen LogP contribution in [0.3, 0.4) is 0 Å². The van der Waals surface area contributed by atoms with Crippen LogP contribution in [0.25, 0.3) is 6.08 Å². The molecule has 18 heavy (non-hydrogen) atoms. The monoisotopic (exact) mass is 246 g/mol. The van der Waals surface area contributed by atoms with Gasteiger partial charge in [0.1, 0.15) is 11.5 Å². The number of aryl methyl sites for hydroxylation is 2. The molecule has 1 fully saturated rings. The average Bonchev–Trinajstić information content (AvgIpc) is 2.71. The average molecular weight is 246 g/mol. The van der Waals surface area contributed by atoms with E-state index in [4.69, 9.17) is 4.42 Å². The lowest BCUT2D eigenvalue weighted by molar-refractivity contribution is 0.517. The highest BCUT2D eigenvalue weighted by molar-refractivity contribution is 5.49. The van der Waals surface area contributed by atoms with E-state index in [2.05, 4.69) is 26.0 Å². The summed E-state index contributed by atoms with van der Waals surface area (Å²) in [5.41, 5.74) is 2.99. The van der Waals surface area contributed by atoms with Gasteiger partial charge in [-0.2, -0.15) is 0 Å². The van der Waals surface area contributed by atoms with E-state index >= 15 is 0 Å². The smallest absolute Gasteiger partial charge is 0.127 e. The van der Waals surface area contributed by atoms with Crippen molar-refractivity contribution in [3.63, 3.8) is 0 Å². The van der Waals surface area contributed by atoms with Crippen molar-refractivity contribution in [1.82, 2.24) is 0 Å². The standard InChI is InChI=1S/C17H26O/c1-3-4-6-11-16-13-17(18-14(16)2)12-15-9-7-5-8-10-15/h12-13H,3-11H2,1-2H3. The molecule has 1 aromatic heterocycles. The van der Waals surface area contributed by atoms with Crippen LogP contribution >= 0.6 is 0 Å². The molecular formula is C17H26O. The van der Waals surface area contributed by atoms with E-state index < -0.39 is 0 Å². The maximum Gasteiger partial charge on any atom is 0.127 e. The summed E-state index contributed by atoms with van der Waals surface area (Å²) >= 11 is 0. The Morgan fingerprint density at radius 2 is 1.94 bits per heavy atom. The van der Waals surface area contributed by atoms with Gasteiger partial charge >= 0.3 is 0 Å². The summed E-state index contributed by atoms with van der Waals surface area (Å²) in [5.74, 6) is 2.20. The molecule has 2 rings (SSSR count). The van der Waals surface area contributed by atoms with E-state index in [-0.39, 0.29) is 0 Å². The number of unbranched alkanes of at least 4 members (excludes halogenated alkanes) is 2. The number of rotatable bonds is 5. The summed E-state index contributed by atoms with van der Waals surface area (Å²) in [6.07, 6.45) is 14.0. The molecule has 0 spiro atoms. The minimum atomic E-state index is 1.08. The Labute approximate surface area is 111 Å². The first-order valence-electron chi connectivity index (χ1n) is 7.58. The van der Waals surface area contributed by atoms with Crippen LogP contribution in [0.4, 0.5) is 0 Å². The number of hydrogen-bond donors (Lipinski definition) is 0. The molecule has 0 atom stereocenters. The highest BCUT2D eigenvalue weighted by atomic mass is 16.3. The molecule has 0 bridgehead atoms. The predicted octanol–water partition coefficient (Wildman–Crippen LogP) is 5.67. The molecule has 0 amide bonds. The van der Waals surface area contributed by atoms with Crippen molar-refractivity contribution in [2.45, 2.75) is 71.6 Å². The molecule has 0 aliphatic heterocycles. The number of hydrogen-bond acceptors (Lipinski definition) is 1. The van der Waals surface area contributed by atoms with Gasteiger partial charge in [-0.15, -0.1) is 0 Å². The zero-order valence-electron chi connectivity index (χ0n) is 11.9. The summed E-state index contributed by atoms with van der Waals surface area (Å²) < 4.78 is 5.87. The fourth-order valence-electron chi connectivity index (χ4n) is 2.78. The molecule has 1 aromatic rings. The minimum Gasteiger partial charge on any atom is -0.462 e. The highest BCUT2D eigenvalue weighted by Crippen LogP contribution is 2.26. The van der Waals surface area contributed by atoms with Crippen LogP contribution in [-0.4, -0.2) is 0 Å². The second kappa shape index (κ2) is 6.82. The zero-order valence-corrected chi connectivity index (χ0v) is 11.9. The van der Waals surface area contributed by atoms with Gasteiger partial charge in [-0.25, -0.2) is 0 Å². The van der Waals surface area contributed by atoms with Gasteiger partial charge < -0.3 is 4.42 Å². The Balaban J connectivity index is 1.98. The summed E-state index contributed by atoms with van der Waals surface area (Å²) in [5, 5.41) is 0. The van der Waals surface area contributed by atoms with Crippen LogP contribution < -0.4 is 0 Å². The first-order valence-corrected chi connectivity index (χ1v) is 7.58. The molecule has 1 nitrogen and oxygen atoms in total. The van der Waals surface area contributed by atoms with Crippen LogP contribution in [-0.2, 0) is 6.42 Å². The second-order valence-corrected chi connectivity index (χ2v) is 5.55. The Hall–Kier alpha value is -0.980. The minimum absolute atomic E-state index is 1.08. The fourth-order valence-corrected chi connectivity index (χ4v) is 2.78. The predicted molar refractivity (Wildman–Crippen MR) is 77.7 cm³/mol. The van der Waals surface area contributed by atoms with Gasteiger partial charge in [0.2, 0.25) is 0 Å². The largest absolute Gasteiger partial charge is 0.462 e. The molecule has 0 saturated heterocycles. The lowest BCUT2D eigenvalue weighted by atomic mass is 9.94. The van der Waals surface area contributed by atoms with Crippen molar-refractivity contribution in [2.75, 3.05) is 0 Å². The van der Waals surface area contributed by atoms with Gasteiger partial charge in [0.05, 0.1) is 0 Å². The first kappa shape index (κ1) is 13.5. The van der Waals surface area contributed by atoms with Crippen molar-refractivity contribution in [1.29, 1.82) is 0 Å². The maximum atomic E-state index is 5.87. The molecule has 1 heterocycles. The lowest BCUT2D eigenvalue weighted by Crippen LogP contribution is -1.92. The lowest BCUT2D eigenvalue weighted by Gasteiger charge is -2.12. The molecule has 1 heteroatoms. The second-order valence-electron chi connectivity index (χ2n) is 5.55. The van der Waals surface area contributed by atoms with Gasteiger partial charge in [-0.3, -0.25) is 0 Å². The maximum absolute atomic E-state index is 5.87. The van der Waals surface area contributed by atoms with E-state index in [0.29, 0.717) is 0 Å². The molecule has 0 aromatic carbocycles. The Morgan fingerprint density at radius 1 is 1.17 bits per heavy atom. The van der Waals surface area contributed by atoms with Crippen molar-refractivity contribution in [2.24, 2.45) is 0 Å². The van der Waals surface area contributed by atoms with Crippen LogP contribution in [0.1, 0.15) is 75.4 Å². The van der Waals surface area contributed by atoms with Crippen molar-refractivity contribution >= 4 is 6.08 Å². The van der Waals surface area contributed by atoms with Crippen LogP contribution in [0.15, 0.2) is 16.1 Å². The Morgan fingerprint density at radius 3 is 2.67 bits per heavy atom. The van der Waals surface area contributed by atoms with Gasteiger partial charge in [0, 0.05) is 0 Å². The summed E-state index contributed by atoms with van der Waals surface area (Å²) in [6, 6.07) is 2.26. The van der Waals surface area contributed by atoms with Crippen LogP contribution in [0.5, 0.6) is 0 Å². The van der Waals surface area contributed by atoms with E-state index in [1.165, 1.54) is 63.4 Å². The summed E-state index contributed by atoms with van der Waals surface area (Å²) in [7, 11) is 0. The van der Waals surface area contributed by atoms with E-state index in [0.717, 1.165) is 11.5 Å². The SMILES string of the molecule is CCCCCc1cc(C=C2CCCCC2)oc1C. The third-order valence-corrected chi connectivity index (χ3v) is 3.93. The first-order chi connectivity index (χ1) is 8.79. The molecule has 0 N–H and O–H groups in total. The van der Waals surface area contributed by atoms with Gasteiger partial charge in [-0.05, 0) is 63.2 Å². The third kappa shape index (κ3) is 3.76. The van der Waals surface area contributed by atoms with Gasteiger partial charge in [-0.1, -0.05) is 31.8 Å². The summed E-state index contributed by atoms with van der Waals surface area (Å²) in [4.78, 5) is 0. The van der Waals surface area contributed by atoms with Crippen LogP contribution in [0, 0.1) is 6.92 Å². The topological polar surface area (TPSA) is 13.1 Å². The fraction of sp³-hybridized carbons (Fsp3) is 0.647. The normalized spacial score (nSPS) is 16.0. The molecule has 1 aliphatic rings. The molecule has 100 valence electrons. The molecular weight excluding hydrogens is 220 g/mol. The molecule has 0 radical (unpaired) electrons. The van der Waals surface area contributed by atoms with E-state index in [9.17, 15) is 0 Å². The van der Waals surface area contributed by atoms with Gasteiger partial charge in [0.15, 0.2) is 0 Å². The Kier molecular flexibility index (Phi) is 5.10. The zero-order chi connectivity index (χ0) is 12.8. The third-order valence-electron chi connectivity index (χ3n) is 3.93. The molecule has 0 unspecified atom stereocenters. The number of furan rings is 1. The quantitative estimate of drug-likeness (QED) is 0.610. The van der Waals surface area contributed by atoms with Crippen LogP contribution in [0.2, 0.25) is 0 Å². The van der Waals surface area contributed by atoms with Gasteiger partial charge in [0.25, 0.3) is 0 Å². The summed E-state index contributed by atoms with van der Waals surface area (Å²) in [6.45, 7) is 4.35. The van der Waals surface area contributed by atoms with Crippen molar-refractivity contribution in [3.8, 4) is 0 Å². The Bertz CT molecular complexity index is 390.